The molecule has 2 heterocycles. The second kappa shape index (κ2) is 10.3. The Balaban J connectivity index is 1.72. The molecule has 0 bridgehead atoms. The summed E-state index contributed by atoms with van der Waals surface area (Å²) in [6, 6.07) is 1.96. The van der Waals surface area contributed by atoms with Crippen molar-refractivity contribution >= 4 is 5.96 Å². The van der Waals surface area contributed by atoms with Gasteiger partial charge < -0.3 is 15.0 Å². The molecule has 0 spiro atoms. The first-order chi connectivity index (χ1) is 11.3. The molecule has 1 saturated heterocycles. The van der Waals surface area contributed by atoms with Gasteiger partial charge in [-0.1, -0.05) is 0 Å². The molecule has 130 valence electrons. The Hall–Kier alpha value is -1.56. The Kier molecular flexibility index (Phi) is 7.93. The SMILES string of the molecule is CCNC(=NCCCn1cccn1)N(C)CCC1CCOCC1. The summed E-state index contributed by atoms with van der Waals surface area (Å²) < 4.78 is 7.39. The zero-order valence-corrected chi connectivity index (χ0v) is 14.6. The average molecular weight is 321 g/mol. The van der Waals surface area contributed by atoms with Crippen molar-refractivity contribution in [3.05, 3.63) is 18.5 Å². The third-order valence-corrected chi connectivity index (χ3v) is 4.28. The van der Waals surface area contributed by atoms with Crippen molar-refractivity contribution < 1.29 is 4.74 Å². The number of aromatic nitrogens is 2. The van der Waals surface area contributed by atoms with E-state index < -0.39 is 0 Å². The Bertz CT molecular complexity index is 440. The second-order valence-corrected chi connectivity index (χ2v) is 6.12. The highest BCUT2D eigenvalue weighted by Crippen LogP contribution is 2.18. The molecule has 0 radical (unpaired) electrons. The number of nitrogens with one attached hydrogen (secondary N) is 1. The van der Waals surface area contributed by atoms with Gasteiger partial charge in [0.25, 0.3) is 0 Å². The van der Waals surface area contributed by atoms with Gasteiger partial charge in [-0.15, -0.1) is 0 Å². The predicted octanol–water partition coefficient (Wildman–Crippen LogP) is 1.99. The summed E-state index contributed by atoms with van der Waals surface area (Å²) in [4.78, 5) is 7.00. The van der Waals surface area contributed by atoms with Crippen molar-refractivity contribution in [2.24, 2.45) is 10.9 Å². The Morgan fingerprint density at radius 1 is 1.43 bits per heavy atom. The molecule has 23 heavy (non-hydrogen) atoms. The zero-order valence-electron chi connectivity index (χ0n) is 14.6. The Labute approximate surface area is 139 Å². The van der Waals surface area contributed by atoms with Crippen LogP contribution in [-0.4, -0.2) is 60.5 Å². The van der Waals surface area contributed by atoms with Crippen LogP contribution in [0.1, 0.15) is 32.6 Å². The fourth-order valence-corrected chi connectivity index (χ4v) is 2.84. The molecule has 6 heteroatoms. The lowest BCUT2D eigenvalue weighted by Crippen LogP contribution is -2.40. The van der Waals surface area contributed by atoms with Crippen molar-refractivity contribution in [3.8, 4) is 0 Å². The van der Waals surface area contributed by atoms with Gasteiger partial charge in [0.05, 0.1) is 0 Å². The molecule has 1 aliphatic heterocycles. The normalized spacial score (nSPS) is 16.5. The molecule has 1 N–H and O–H groups in total. The summed E-state index contributed by atoms with van der Waals surface area (Å²) in [5.74, 6) is 1.81. The van der Waals surface area contributed by atoms with E-state index in [4.69, 9.17) is 9.73 Å². The molecular weight excluding hydrogens is 290 g/mol. The van der Waals surface area contributed by atoms with Crippen LogP contribution in [0.2, 0.25) is 0 Å². The van der Waals surface area contributed by atoms with Crippen molar-refractivity contribution in [3.63, 3.8) is 0 Å². The van der Waals surface area contributed by atoms with Gasteiger partial charge in [0.15, 0.2) is 5.96 Å². The number of aryl methyl sites for hydroxylation is 1. The van der Waals surface area contributed by atoms with Crippen molar-refractivity contribution in [1.82, 2.24) is 20.0 Å². The number of rotatable bonds is 8. The highest BCUT2D eigenvalue weighted by atomic mass is 16.5. The first-order valence-electron chi connectivity index (χ1n) is 8.84. The highest BCUT2D eigenvalue weighted by molar-refractivity contribution is 5.79. The maximum absolute atomic E-state index is 5.43. The van der Waals surface area contributed by atoms with Crippen LogP contribution in [0.25, 0.3) is 0 Å². The van der Waals surface area contributed by atoms with Gasteiger partial charge in [-0.05, 0) is 44.6 Å². The number of guanidine groups is 1. The van der Waals surface area contributed by atoms with Crippen LogP contribution in [0, 0.1) is 5.92 Å². The van der Waals surface area contributed by atoms with Crippen LogP contribution in [0.5, 0.6) is 0 Å². The van der Waals surface area contributed by atoms with Crippen LogP contribution in [0.15, 0.2) is 23.5 Å². The maximum atomic E-state index is 5.43. The number of nitrogens with zero attached hydrogens (tertiary/aromatic N) is 4. The molecule has 2 rings (SSSR count). The minimum absolute atomic E-state index is 0.800. The lowest BCUT2D eigenvalue weighted by Gasteiger charge is -2.26. The molecule has 0 aromatic carbocycles. The number of aliphatic imine (C=N–C) groups is 1. The molecule has 0 aliphatic carbocycles. The fraction of sp³-hybridized carbons (Fsp3) is 0.765. The molecule has 6 nitrogen and oxygen atoms in total. The molecule has 0 saturated carbocycles. The fourth-order valence-electron chi connectivity index (χ4n) is 2.84. The average Bonchev–Trinajstić information content (AvgIpc) is 3.10. The summed E-state index contributed by atoms with van der Waals surface area (Å²) in [5.41, 5.74) is 0. The van der Waals surface area contributed by atoms with E-state index in [1.807, 2.05) is 23.1 Å². The summed E-state index contributed by atoms with van der Waals surface area (Å²) in [5, 5.41) is 7.61. The predicted molar refractivity (Wildman–Crippen MR) is 93.6 cm³/mol. The van der Waals surface area contributed by atoms with Gasteiger partial charge in [-0.25, -0.2) is 0 Å². The summed E-state index contributed by atoms with van der Waals surface area (Å²) >= 11 is 0. The van der Waals surface area contributed by atoms with Crippen LogP contribution >= 0.6 is 0 Å². The van der Waals surface area contributed by atoms with Crippen LogP contribution < -0.4 is 5.32 Å². The number of hydrogen-bond donors (Lipinski definition) is 1. The molecule has 0 amide bonds. The summed E-state index contributed by atoms with van der Waals surface area (Å²) in [6.07, 6.45) is 8.44. The van der Waals surface area contributed by atoms with E-state index in [2.05, 4.69) is 29.3 Å². The molecule has 1 aromatic heterocycles. The monoisotopic (exact) mass is 321 g/mol. The molecular formula is C17H31N5O. The zero-order chi connectivity index (χ0) is 16.3. The standard InChI is InChI=1S/C17H31N5O/c1-3-18-17(19-9-4-11-22-12-5-10-20-22)21(2)13-6-16-7-14-23-15-8-16/h5,10,12,16H,3-4,6-9,11,13-15H2,1-2H3,(H,18,19). The minimum Gasteiger partial charge on any atom is -0.381 e. The lowest BCUT2D eigenvalue weighted by atomic mass is 9.96. The first-order valence-corrected chi connectivity index (χ1v) is 8.84. The van der Waals surface area contributed by atoms with Gasteiger partial charge in [-0.2, -0.15) is 5.10 Å². The number of ether oxygens (including phenoxy) is 1. The first kappa shape index (κ1) is 17.8. The minimum atomic E-state index is 0.800. The quantitative estimate of drug-likeness (QED) is 0.452. The van der Waals surface area contributed by atoms with E-state index >= 15 is 0 Å². The smallest absolute Gasteiger partial charge is 0.193 e. The maximum Gasteiger partial charge on any atom is 0.193 e. The number of hydrogen-bond acceptors (Lipinski definition) is 3. The van der Waals surface area contributed by atoms with Gasteiger partial charge in [-0.3, -0.25) is 9.67 Å². The van der Waals surface area contributed by atoms with Crippen molar-refractivity contribution in [2.75, 3.05) is 39.9 Å². The molecule has 1 aromatic rings. The van der Waals surface area contributed by atoms with E-state index in [0.717, 1.165) is 57.7 Å². The van der Waals surface area contributed by atoms with E-state index in [9.17, 15) is 0 Å². The highest BCUT2D eigenvalue weighted by Gasteiger charge is 2.15. The topological polar surface area (TPSA) is 54.7 Å². The van der Waals surface area contributed by atoms with Crippen molar-refractivity contribution in [1.29, 1.82) is 0 Å². The lowest BCUT2D eigenvalue weighted by molar-refractivity contribution is 0.0625. The molecule has 1 aliphatic rings. The van der Waals surface area contributed by atoms with Gasteiger partial charge in [0, 0.05) is 58.8 Å². The van der Waals surface area contributed by atoms with Gasteiger partial charge in [0.2, 0.25) is 0 Å². The Morgan fingerprint density at radius 3 is 2.96 bits per heavy atom. The van der Waals surface area contributed by atoms with Crippen molar-refractivity contribution in [2.45, 2.75) is 39.2 Å². The van der Waals surface area contributed by atoms with E-state index in [1.165, 1.54) is 19.3 Å². The van der Waals surface area contributed by atoms with E-state index in [-0.39, 0.29) is 0 Å². The third kappa shape index (κ3) is 6.60. The third-order valence-electron chi connectivity index (χ3n) is 4.28. The van der Waals surface area contributed by atoms with E-state index in [0.29, 0.717) is 0 Å². The van der Waals surface area contributed by atoms with Crippen LogP contribution in [0.4, 0.5) is 0 Å². The largest absolute Gasteiger partial charge is 0.381 e. The van der Waals surface area contributed by atoms with Crippen LogP contribution in [-0.2, 0) is 11.3 Å². The molecule has 0 atom stereocenters. The van der Waals surface area contributed by atoms with Crippen LogP contribution in [0.3, 0.4) is 0 Å². The second-order valence-electron chi connectivity index (χ2n) is 6.12. The Morgan fingerprint density at radius 2 is 2.26 bits per heavy atom. The van der Waals surface area contributed by atoms with Gasteiger partial charge in [0.1, 0.15) is 0 Å². The summed E-state index contributed by atoms with van der Waals surface area (Å²) in [7, 11) is 2.13. The molecule has 1 fully saturated rings. The van der Waals surface area contributed by atoms with Gasteiger partial charge >= 0.3 is 0 Å². The van der Waals surface area contributed by atoms with E-state index in [1.54, 1.807) is 0 Å². The summed E-state index contributed by atoms with van der Waals surface area (Å²) in [6.45, 7) is 7.66. The molecule has 0 unspecified atom stereocenters.